The molecule has 0 amide bonds. The van der Waals surface area contributed by atoms with Gasteiger partial charge in [-0.3, -0.25) is 16.0 Å². The Labute approximate surface area is 109 Å². The van der Waals surface area contributed by atoms with E-state index in [1.807, 2.05) is 11.7 Å². The summed E-state index contributed by atoms with van der Waals surface area (Å²) >= 11 is 0. The van der Waals surface area contributed by atoms with Crippen molar-refractivity contribution in [3.05, 3.63) is 11.9 Å². The lowest BCUT2D eigenvalue weighted by atomic mass is 10.0. The number of hydrazine groups is 1. The van der Waals surface area contributed by atoms with Crippen molar-refractivity contribution < 1.29 is 4.74 Å². The number of hydrogen-bond donors (Lipinski definition) is 2. The molecule has 1 saturated carbocycles. The van der Waals surface area contributed by atoms with Gasteiger partial charge in [-0.25, -0.2) is 0 Å². The standard InChI is InChI=1S/C13H24N4O/c1-12(2)11(13(12,3)4)9(16-14)10-8(18-6)7-15-17(10)5/h7,9,11,16H,14H2,1-6H3. The van der Waals surface area contributed by atoms with Crippen LogP contribution in [0.4, 0.5) is 0 Å². The van der Waals surface area contributed by atoms with Gasteiger partial charge in [0.05, 0.1) is 25.0 Å². The van der Waals surface area contributed by atoms with Crippen LogP contribution in [0.5, 0.6) is 5.75 Å². The number of nitrogens with zero attached hydrogens (tertiary/aromatic N) is 2. The van der Waals surface area contributed by atoms with E-state index in [2.05, 4.69) is 38.2 Å². The Bertz CT molecular complexity index is 436. The molecule has 5 heteroatoms. The van der Waals surface area contributed by atoms with Crippen molar-refractivity contribution in [1.82, 2.24) is 15.2 Å². The highest BCUT2D eigenvalue weighted by Crippen LogP contribution is 2.72. The highest BCUT2D eigenvalue weighted by Gasteiger charge is 2.67. The largest absolute Gasteiger partial charge is 0.493 e. The van der Waals surface area contributed by atoms with Crippen LogP contribution in [0.3, 0.4) is 0 Å². The van der Waals surface area contributed by atoms with Gasteiger partial charge in [0.15, 0.2) is 5.75 Å². The molecule has 1 unspecified atom stereocenters. The quantitative estimate of drug-likeness (QED) is 0.631. The third-order valence-electron chi connectivity index (χ3n) is 5.11. The molecule has 102 valence electrons. The van der Waals surface area contributed by atoms with Crippen LogP contribution in [0.25, 0.3) is 0 Å². The number of ether oxygens (including phenoxy) is 1. The number of methoxy groups -OCH3 is 1. The molecule has 5 nitrogen and oxygen atoms in total. The first-order valence-corrected chi connectivity index (χ1v) is 6.31. The topological polar surface area (TPSA) is 65.1 Å². The Kier molecular flexibility index (Phi) is 2.94. The monoisotopic (exact) mass is 252 g/mol. The summed E-state index contributed by atoms with van der Waals surface area (Å²) in [4.78, 5) is 0. The van der Waals surface area contributed by atoms with Crippen molar-refractivity contribution in [3.63, 3.8) is 0 Å². The zero-order valence-electron chi connectivity index (χ0n) is 12.1. The fourth-order valence-corrected chi connectivity index (χ4v) is 3.35. The van der Waals surface area contributed by atoms with Crippen LogP contribution in [0.2, 0.25) is 0 Å². The van der Waals surface area contributed by atoms with Crippen LogP contribution in [0, 0.1) is 16.7 Å². The van der Waals surface area contributed by atoms with Gasteiger partial charge in [0.25, 0.3) is 0 Å². The fraction of sp³-hybridized carbons (Fsp3) is 0.769. The summed E-state index contributed by atoms with van der Waals surface area (Å²) in [6.45, 7) is 9.13. The molecule has 1 aromatic heterocycles. The second kappa shape index (κ2) is 3.96. The molecule has 0 radical (unpaired) electrons. The van der Waals surface area contributed by atoms with Crippen LogP contribution in [-0.4, -0.2) is 16.9 Å². The van der Waals surface area contributed by atoms with E-state index < -0.39 is 0 Å². The third kappa shape index (κ3) is 1.57. The van der Waals surface area contributed by atoms with E-state index in [9.17, 15) is 0 Å². The van der Waals surface area contributed by atoms with Crippen molar-refractivity contribution in [2.45, 2.75) is 33.7 Å². The normalized spacial score (nSPS) is 22.8. The van der Waals surface area contributed by atoms with Gasteiger partial charge in [0.2, 0.25) is 0 Å². The summed E-state index contributed by atoms with van der Waals surface area (Å²) < 4.78 is 7.23. The lowest BCUT2D eigenvalue weighted by Crippen LogP contribution is -2.33. The van der Waals surface area contributed by atoms with E-state index in [1.165, 1.54) is 0 Å². The molecule has 1 aliphatic carbocycles. The zero-order chi connectivity index (χ0) is 13.7. The van der Waals surface area contributed by atoms with Crippen LogP contribution in [0.15, 0.2) is 6.20 Å². The fourth-order valence-electron chi connectivity index (χ4n) is 3.35. The Morgan fingerprint density at radius 3 is 2.33 bits per heavy atom. The SMILES string of the molecule is COc1cnn(C)c1C(NN)C1C(C)(C)C1(C)C. The zero-order valence-corrected chi connectivity index (χ0v) is 12.1. The Hall–Kier alpha value is -1.07. The average Bonchev–Trinajstić information content (AvgIpc) is 2.62. The van der Waals surface area contributed by atoms with Gasteiger partial charge in [-0.05, 0) is 16.7 Å². The molecule has 1 aromatic rings. The molecule has 1 aliphatic rings. The van der Waals surface area contributed by atoms with Crippen molar-refractivity contribution in [2.75, 3.05) is 7.11 Å². The molecule has 18 heavy (non-hydrogen) atoms. The number of aromatic nitrogens is 2. The van der Waals surface area contributed by atoms with Crippen LogP contribution >= 0.6 is 0 Å². The molecular formula is C13H24N4O. The molecule has 1 heterocycles. The molecule has 2 rings (SSSR count). The van der Waals surface area contributed by atoms with E-state index in [4.69, 9.17) is 10.6 Å². The van der Waals surface area contributed by atoms with E-state index in [0.29, 0.717) is 5.92 Å². The first-order valence-electron chi connectivity index (χ1n) is 6.31. The lowest BCUT2D eigenvalue weighted by molar-refractivity contribution is 0.360. The minimum Gasteiger partial charge on any atom is -0.493 e. The maximum atomic E-state index is 5.79. The first-order chi connectivity index (χ1) is 8.29. The van der Waals surface area contributed by atoms with Crippen molar-refractivity contribution >= 4 is 0 Å². The predicted octanol–water partition coefficient (Wildman–Crippen LogP) is 1.62. The maximum Gasteiger partial charge on any atom is 0.161 e. The predicted molar refractivity (Wildman–Crippen MR) is 70.9 cm³/mol. The second-order valence-electron chi connectivity index (χ2n) is 6.29. The van der Waals surface area contributed by atoms with E-state index in [1.54, 1.807) is 13.3 Å². The molecule has 3 N–H and O–H groups in total. The van der Waals surface area contributed by atoms with Crippen LogP contribution in [-0.2, 0) is 7.05 Å². The van der Waals surface area contributed by atoms with Gasteiger partial charge in [0, 0.05) is 7.05 Å². The molecular weight excluding hydrogens is 228 g/mol. The van der Waals surface area contributed by atoms with Gasteiger partial charge in [-0.2, -0.15) is 5.10 Å². The summed E-state index contributed by atoms with van der Waals surface area (Å²) in [5, 5.41) is 4.26. The van der Waals surface area contributed by atoms with Gasteiger partial charge in [-0.15, -0.1) is 0 Å². The smallest absolute Gasteiger partial charge is 0.161 e. The summed E-state index contributed by atoms with van der Waals surface area (Å²) in [7, 11) is 3.59. The molecule has 0 aliphatic heterocycles. The number of rotatable bonds is 4. The van der Waals surface area contributed by atoms with E-state index in [0.717, 1.165) is 11.4 Å². The Balaban J connectivity index is 2.39. The minimum atomic E-state index is 0.0532. The summed E-state index contributed by atoms with van der Waals surface area (Å²) in [6, 6.07) is 0.0532. The number of nitrogens with two attached hydrogens (primary N) is 1. The van der Waals surface area contributed by atoms with E-state index >= 15 is 0 Å². The summed E-state index contributed by atoms with van der Waals surface area (Å²) in [5.74, 6) is 7.04. The molecule has 0 saturated heterocycles. The first kappa shape index (κ1) is 13.4. The summed E-state index contributed by atoms with van der Waals surface area (Å²) in [6.07, 6.45) is 1.74. The molecule has 0 spiro atoms. The van der Waals surface area contributed by atoms with Gasteiger partial charge in [-0.1, -0.05) is 27.7 Å². The average molecular weight is 252 g/mol. The Morgan fingerprint density at radius 2 is 1.94 bits per heavy atom. The maximum absolute atomic E-state index is 5.79. The molecule has 0 aromatic carbocycles. The van der Waals surface area contributed by atoms with Gasteiger partial charge >= 0.3 is 0 Å². The minimum absolute atomic E-state index is 0.0532. The molecule has 1 fully saturated rings. The van der Waals surface area contributed by atoms with Gasteiger partial charge in [0.1, 0.15) is 0 Å². The van der Waals surface area contributed by atoms with Gasteiger partial charge < -0.3 is 4.74 Å². The third-order valence-corrected chi connectivity index (χ3v) is 5.11. The lowest BCUT2D eigenvalue weighted by Gasteiger charge is -2.19. The summed E-state index contributed by atoms with van der Waals surface area (Å²) in [5.41, 5.74) is 4.47. The van der Waals surface area contributed by atoms with Crippen LogP contribution in [0.1, 0.15) is 39.4 Å². The number of aryl methyl sites for hydroxylation is 1. The Morgan fingerprint density at radius 1 is 1.39 bits per heavy atom. The molecule has 1 atom stereocenters. The number of nitrogens with one attached hydrogen (secondary N) is 1. The second-order valence-corrected chi connectivity index (χ2v) is 6.29. The van der Waals surface area contributed by atoms with Crippen molar-refractivity contribution in [1.29, 1.82) is 0 Å². The highest BCUT2D eigenvalue weighted by molar-refractivity contribution is 5.32. The van der Waals surface area contributed by atoms with Crippen molar-refractivity contribution in [3.8, 4) is 5.75 Å². The van der Waals surface area contributed by atoms with Crippen LogP contribution < -0.4 is 16.0 Å². The number of hydrogen-bond acceptors (Lipinski definition) is 4. The highest BCUT2D eigenvalue weighted by atomic mass is 16.5. The van der Waals surface area contributed by atoms with E-state index in [-0.39, 0.29) is 16.9 Å². The molecule has 0 bridgehead atoms. The van der Waals surface area contributed by atoms with Crippen molar-refractivity contribution in [2.24, 2.45) is 29.6 Å².